The molecule has 0 heterocycles. The number of halogens is 4. The van der Waals surface area contributed by atoms with Gasteiger partial charge in [-0.15, -0.1) is 0 Å². The highest BCUT2D eigenvalue weighted by Crippen LogP contribution is 2.32. The van der Waals surface area contributed by atoms with Crippen molar-refractivity contribution in [2.75, 3.05) is 0 Å². The number of aromatic carboxylic acids is 1. The molecule has 88 valence electrons. The molecule has 0 spiro atoms. The van der Waals surface area contributed by atoms with E-state index in [1.165, 1.54) is 0 Å². The van der Waals surface area contributed by atoms with E-state index in [1.54, 1.807) is 0 Å². The molecule has 0 amide bonds. The summed E-state index contributed by atoms with van der Waals surface area (Å²) in [6.45, 7) is 0. The van der Waals surface area contributed by atoms with Crippen LogP contribution in [0.25, 0.3) is 0 Å². The third-order valence-electron chi connectivity index (χ3n) is 1.94. The van der Waals surface area contributed by atoms with Gasteiger partial charge in [-0.3, -0.25) is 0 Å². The Labute approximate surface area is 93.6 Å². The average Bonchev–Trinajstić information content (AvgIpc) is 2.14. The van der Waals surface area contributed by atoms with Crippen molar-refractivity contribution in [1.29, 1.82) is 0 Å². The normalized spacial score (nSPS) is 13.6. The van der Waals surface area contributed by atoms with Gasteiger partial charge in [-0.05, 0) is 17.7 Å². The standard InChI is InChI=1S/C9H7ClF3NO2/c10-6-3-4(7(14)9(11,12)13)1-2-5(6)8(15)16/h1-3,7H,14H2,(H,15,16)/t7-/m0/s1. The van der Waals surface area contributed by atoms with Crippen LogP contribution in [0.3, 0.4) is 0 Å². The molecular weight excluding hydrogens is 247 g/mol. The molecule has 0 aromatic heterocycles. The molecule has 0 radical (unpaired) electrons. The average molecular weight is 254 g/mol. The number of carbonyl (C=O) groups is 1. The van der Waals surface area contributed by atoms with Gasteiger partial charge in [0.1, 0.15) is 6.04 Å². The van der Waals surface area contributed by atoms with Crippen molar-refractivity contribution < 1.29 is 23.1 Å². The molecule has 0 saturated carbocycles. The fraction of sp³-hybridized carbons (Fsp3) is 0.222. The molecule has 16 heavy (non-hydrogen) atoms. The molecule has 0 aliphatic heterocycles. The summed E-state index contributed by atoms with van der Waals surface area (Å²) >= 11 is 5.51. The number of benzene rings is 1. The summed E-state index contributed by atoms with van der Waals surface area (Å²) in [5.41, 5.74) is 4.40. The monoisotopic (exact) mass is 253 g/mol. The third kappa shape index (κ3) is 2.65. The van der Waals surface area contributed by atoms with Crippen molar-refractivity contribution >= 4 is 17.6 Å². The zero-order valence-corrected chi connectivity index (χ0v) is 8.51. The van der Waals surface area contributed by atoms with Crippen LogP contribution < -0.4 is 5.73 Å². The summed E-state index contributed by atoms with van der Waals surface area (Å²) in [6.07, 6.45) is -4.59. The maximum atomic E-state index is 12.2. The van der Waals surface area contributed by atoms with E-state index in [-0.39, 0.29) is 16.1 Å². The SMILES string of the molecule is N[C@@H](c1ccc(C(=O)O)c(Cl)c1)C(F)(F)F. The molecule has 1 aromatic rings. The van der Waals surface area contributed by atoms with E-state index in [0.717, 1.165) is 18.2 Å². The van der Waals surface area contributed by atoms with Crippen LogP contribution in [0.15, 0.2) is 18.2 Å². The predicted octanol–water partition coefficient (Wildman–Crippen LogP) is 2.60. The van der Waals surface area contributed by atoms with E-state index in [4.69, 9.17) is 22.4 Å². The molecule has 1 atom stereocenters. The molecule has 0 unspecified atom stereocenters. The Kier molecular flexibility index (Phi) is 3.44. The molecule has 1 rings (SSSR count). The van der Waals surface area contributed by atoms with Gasteiger partial charge in [-0.1, -0.05) is 17.7 Å². The molecule has 0 aliphatic rings. The van der Waals surface area contributed by atoms with Gasteiger partial charge >= 0.3 is 12.1 Å². The zero-order valence-electron chi connectivity index (χ0n) is 7.75. The van der Waals surface area contributed by atoms with Gasteiger partial charge in [0.05, 0.1) is 10.6 Å². The van der Waals surface area contributed by atoms with Crippen LogP contribution >= 0.6 is 11.6 Å². The van der Waals surface area contributed by atoms with Crippen molar-refractivity contribution in [2.45, 2.75) is 12.2 Å². The quantitative estimate of drug-likeness (QED) is 0.851. The second-order valence-corrected chi connectivity index (χ2v) is 3.47. The number of carboxylic acid groups (broad SMARTS) is 1. The van der Waals surface area contributed by atoms with Gasteiger partial charge in [0, 0.05) is 0 Å². The first-order valence-electron chi connectivity index (χ1n) is 4.08. The van der Waals surface area contributed by atoms with Crippen LogP contribution in [0, 0.1) is 0 Å². The van der Waals surface area contributed by atoms with Gasteiger partial charge in [-0.25, -0.2) is 4.79 Å². The highest BCUT2D eigenvalue weighted by Gasteiger charge is 2.38. The van der Waals surface area contributed by atoms with Crippen molar-refractivity contribution in [2.24, 2.45) is 5.73 Å². The minimum atomic E-state index is -4.59. The molecule has 0 aliphatic carbocycles. The number of rotatable bonds is 2. The summed E-state index contributed by atoms with van der Waals surface area (Å²) in [7, 11) is 0. The van der Waals surface area contributed by atoms with Crippen molar-refractivity contribution in [3.63, 3.8) is 0 Å². The Morgan fingerprint density at radius 1 is 1.44 bits per heavy atom. The molecule has 3 nitrogen and oxygen atoms in total. The highest BCUT2D eigenvalue weighted by atomic mass is 35.5. The van der Waals surface area contributed by atoms with Crippen LogP contribution in [0.5, 0.6) is 0 Å². The first-order valence-corrected chi connectivity index (χ1v) is 4.46. The van der Waals surface area contributed by atoms with Gasteiger partial charge in [-0.2, -0.15) is 13.2 Å². The Bertz CT molecular complexity index is 420. The van der Waals surface area contributed by atoms with E-state index in [9.17, 15) is 18.0 Å². The number of hydrogen-bond acceptors (Lipinski definition) is 2. The highest BCUT2D eigenvalue weighted by molar-refractivity contribution is 6.33. The Morgan fingerprint density at radius 2 is 2.00 bits per heavy atom. The van der Waals surface area contributed by atoms with Crippen molar-refractivity contribution in [3.05, 3.63) is 34.3 Å². The minimum absolute atomic E-state index is 0.264. The number of nitrogens with two attached hydrogens (primary N) is 1. The second-order valence-electron chi connectivity index (χ2n) is 3.06. The molecule has 0 fully saturated rings. The van der Waals surface area contributed by atoms with E-state index in [1.807, 2.05) is 0 Å². The smallest absolute Gasteiger partial charge is 0.407 e. The first kappa shape index (κ1) is 12.8. The van der Waals surface area contributed by atoms with Gasteiger partial charge in [0.15, 0.2) is 0 Å². The zero-order chi connectivity index (χ0) is 12.5. The lowest BCUT2D eigenvalue weighted by molar-refractivity contribution is -0.149. The van der Waals surface area contributed by atoms with E-state index < -0.39 is 18.2 Å². The fourth-order valence-electron chi connectivity index (χ4n) is 1.09. The largest absolute Gasteiger partial charge is 0.478 e. The van der Waals surface area contributed by atoms with E-state index >= 15 is 0 Å². The maximum Gasteiger partial charge on any atom is 0.407 e. The van der Waals surface area contributed by atoms with Crippen LogP contribution in [0.1, 0.15) is 22.0 Å². The van der Waals surface area contributed by atoms with Crippen LogP contribution in [0.2, 0.25) is 5.02 Å². The summed E-state index contributed by atoms with van der Waals surface area (Å²) in [5, 5.41) is 8.34. The van der Waals surface area contributed by atoms with Gasteiger partial charge < -0.3 is 10.8 Å². The molecule has 7 heteroatoms. The Morgan fingerprint density at radius 3 is 2.38 bits per heavy atom. The molecular formula is C9H7ClF3NO2. The summed E-state index contributed by atoms with van der Waals surface area (Å²) < 4.78 is 36.7. The van der Waals surface area contributed by atoms with Crippen LogP contribution in [0.4, 0.5) is 13.2 Å². The molecule has 0 bridgehead atoms. The van der Waals surface area contributed by atoms with Crippen molar-refractivity contribution in [3.8, 4) is 0 Å². The van der Waals surface area contributed by atoms with Gasteiger partial charge in [0.2, 0.25) is 0 Å². The van der Waals surface area contributed by atoms with Crippen LogP contribution in [-0.2, 0) is 0 Å². The Balaban J connectivity index is 3.11. The second kappa shape index (κ2) is 4.31. The minimum Gasteiger partial charge on any atom is -0.478 e. The number of carboxylic acids is 1. The summed E-state index contributed by atoms with van der Waals surface area (Å²) in [6, 6.07) is 0.718. The maximum absolute atomic E-state index is 12.2. The third-order valence-corrected chi connectivity index (χ3v) is 2.25. The van der Waals surface area contributed by atoms with E-state index in [0.29, 0.717) is 0 Å². The lowest BCUT2D eigenvalue weighted by Crippen LogP contribution is -2.28. The molecule has 1 aromatic carbocycles. The van der Waals surface area contributed by atoms with E-state index in [2.05, 4.69) is 0 Å². The lowest BCUT2D eigenvalue weighted by Gasteiger charge is -2.16. The Hall–Kier alpha value is -1.27. The van der Waals surface area contributed by atoms with Crippen molar-refractivity contribution in [1.82, 2.24) is 0 Å². The fourth-order valence-corrected chi connectivity index (χ4v) is 1.36. The summed E-state index contributed by atoms with van der Waals surface area (Å²) in [5.74, 6) is -1.31. The number of hydrogen-bond donors (Lipinski definition) is 2. The van der Waals surface area contributed by atoms with Crippen LogP contribution in [-0.4, -0.2) is 17.3 Å². The summed E-state index contributed by atoms with van der Waals surface area (Å²) in [4.78, 5) is 10.6. The lowest BCUT2D eigenvalue weighted by atomic mass is 10.1. The topological polar surface area (TPSA) is 63.3 Å². The molecule has 3 N–H and O–H groups in total. The number of alkyl halides is 3. The van der Waals surface area contributed by atoms with Gasteiger partial charge in [0.25, 0.3) is 0 Å². The molecule has 0 saturated heterocycles. The first-order chi connectivity index (χ1) is 7.23. The predicted molar refractivity (Wildman–Crippen MR) is 51.4 cm³/mol.